The monoisotopic (exact) mass is 305 g/mol. The van der Waals surface area contributed by atoms with Crippen LogP contribution in [0.1, 0.15) is 18.4 Å². The van der Waals surface area contributed by atoms with Crippen LogP contribution in [-0.2, 0) is 9.59 Å². The topological polar surface area (TPSA) is 112 Å². The Hall–Kier alpha value is -2.64. The smallest absolute Gasteiger partial charge is 0.322 e. The number of nitrogens with zero attached hydrogens (tertiary/aromatic N) is 1. The minimum Gasteiger partial charge on any atom is -0.368 e. The van der Waals surface area contributed by atoms with Crippen LogP contribution in [-0.4, -0.2) is 42.0 Å². The van der Waals surface area contributed by atoms with Crippen molar-refractivity contribution in [3.63, 3.8) is 0 Å². The fourth-order valence-corrected chi connectivity index (χ4v) is 2.06. The van der Waals surface area contributed by atoms with E-state index in [9.17, 15) is 14.4 Å². The zero-order valence-corrected chi connectivity index (χ0v) is 12.3. The molecule has 0 aromatic carbocycles. The number of anilines is 1. The number of pyridine rings is 1. The summed E-state index contributed by atoms with van der Waals surface area (Å²) >= 11 is 0. The van der Waals surface area contributed by atoms with Crippen LogP contribution < -0.4 is 21.3 Å². The van der Waals surface area contributed by atoms with Gasteiger partial charge in [0.05, 0.1) is 0 Å². The number of aryl methyl sites for hydroxylation is 1. The van der Waals surface area contributed by atoms with Crippen LogP contribution in [0.15, 0.2) is 18.3 Å². The summed E-state index contributed by atoms with van der Waals surface area (Å²) in [5.41, 5.74) is 1.10. The van der Waals surface area contributed by atoms with E-state index in [1.54, 1.807) is 6.20 Å². The standard InChI is InChI=1S/C14H19N5O3/c1-9-4-5-15-11(8-9)16-6-7-17-13(21)10-2-3-12(20)19-14(22)18-10/h4-5,8,10H,2-3,6-7H2,1H3,(H,15,16)(H,17,21)(H2,18,19,20,22). The lowest BCUT2D eigenvalue weighted by Gasteiger charge is -2.15. The Morgan fingerprint density at radius 1 is 1.41 bits per heavy atom. The first-order valence-corrected chi connectivity index (χ1v) is 7.09. The highest BCUT2D eigenvalue weighted by atomic mass is 16.2. The minimum atomic E-state index is -0.691. The second kappa shape index (κ2) is 7.39. The van der Waals surface area contributed by atoms with Crippen molar-refractivity contribution in [2.75, 3.05) is 18.4 Å². The fraction of sp³-hybridized carbons (Fsp3) is 0.429. The van der Waals surface area contributed by atoms with E-state index in [1.165, 1.54) is 0 Å². The van der Waals surface area contributed by atoms with E-state index in [1.807, 2.05) is 19.1 Å². The molecule has 1 aromatic rings. The molecule has 8 heteroatoms. The third kappa shape index (κ3) is 4.72. The molecule has 0 bridgehead atoms. The maximum atomic E-state index is 12.0. The van der Waals surface area contributed by atoms with Crippen molar-refractivity contribution in [1.29, 1.82) is 0 Å². The lowest BCUT2D eigenvalue weighted by molar-refractivity contribution is -0.123. The van der Waals surface area contributed by atoms with Gasteiger partial charge >= 0.3 is 6.03 Å². The second-order valence-corrected chi connectivity index (χ2v) is 5.05. The third-order valence-electron chi connectivity index (χ3n) is 3.18. The fourth-order valence-electron chi connectivity index (χ4n) is 2.06. The van der Waals surface area contributed by atoms with Crippen molar-refractivity contribution in [1.82, 2.24) is 20.9 Å². The van der Waals surface area contributed by atoms with Gasteiger partial charge in [-0.3, -0.25) is 14.9 Å². The quantitative estimate of drug-likeness (QED) is 0.568. The lowest BCUT2D eigenvalue weighted by Crippen LogP contribution is -2.48. The molecule has 2 rings (SSSR count). The maximum Gasteiger partial charge on any atom is 0.322 e. The van der Waals surface area contributed by atoms with E-state index in [4.69, 9.17) is 0 Å². The molecule has 1 fully saturated rings. The first kappa shape index (κ1) is 15.7. The minimum absolute atomic E-state index is 0.141. The number of rotatable bonds is 5. The molecule has 4 N–H and O–H groups in total. The van der Waals surface area contributed by atoms with E-state index in [0.717, 1.165) is 11.4 Å². The van der Waals surface area contributed by atoms with Gasteiger partial charge in [0.15, 0.2) is 0 Å². The number of urea groups is 1. The zero-order chi connectivity index (χ0) is 15.9. The van der Waals surface area contributed by atoms with E-state index < -0.39 is 12.1 Å². The average Bonchev–Trinajstić information content (AvgIpc) is 2.64. The van der Waals surface area contributed by atoms with Crippen molar-refractivity contribution < 1.29 is 14.4 Å². The maximum absolute atomic E-state index is 12.0. The van der Waals surface area contributed by atoms with Crippen molar-refractivity contribution in [3.05, 3.63) is 23.9 Å². The van der Waals surface area contributed by atoms with E-state index in [0.29, 0.717) is 13.1 Å². The van der Waals surface area contributed by atoms with E-state index in [2.05, 4.69) is 26.3 Å². The van der Waals surface area contributed by atoms with Gasteiger partial charge in [-0.25, -0.2) is 9.78 Å². The lowest BCUT2D eigenvalue weighted by atomic mass is 10.1. The number of imide groups is 1. The van der Waals surface area contributed by atoms with Gasteiger partial charge in [0.25, 0.3) is 0 Å². The summed E-state index contributed by atoms with van der Waals surface area (Å²) in [5, 5.41) is 10.4. The van der Waals surface area contributed by atoms with E-state index in [-0.39, 0.29) is 24.7 Å². The highest BCUT2D eigenvalue weighted by molar-refractivity contribution is 5.98. The van der Waals surface area contributed by atoms with Crippen LogP contribution in [0.3, 0.4) is 0 Å². The summed E-state index contributed by atoms with van der Waals surface area (Å²) in [7, 11) is 0. The summed E-state index contributed by atoms with van der Waals surface area (Å²) in [6.45, 7) is 2.88. The molecule has 0 spiro atoms. The summed E-state index contributed by atoms with van der Waals surface area (Å²) in [5.74, 6) is 0.0654. The van der Waals surface area contributed by atoms with Crippen LogP contribution >= 0.6 is 0 Å². The molecule has 22 heavy (non-hydrogen) atoms. The van der Waals surface area contributed by atoms with Crippen molar-refractivity contribution in [2.24, 2.45) is 0 Å². The number of amides is 4. The van der Waals surface area contributed by atoms with Crippen molar-refractivity contribution >= 4 is 23.7 Å². The van der Waals surface area contributed by atoms with Crippen LogP contribution in [0.25, 0.3) is 0 Å². The van der Waals surface area contributed by atoms with E-state index >= 15 is 0 Å². The number of aromatic nitrogens is 1. The molecule has 2 heterocycles. The van der Waals surface area contributed by atoms with Crippen LogP contribution in [0, 0.1) is 6.92 Å². The summed E-state index contributed by atoms with van der Waals surface area (Å²) in [4.78, 5) is 38.6. The molecule has 0 aliphatic carbocycles. The Morgan fingerprint density at radius 2 is 2.23 bits per heavy atom. The van der Waals surface area contributed by atoms with Crippen LogP contribution in [0.4, 0.5) is 10.6 Å². The summed E-state index contributed by atoms with van der Waals surface area (Å²) < 4.78 is 0. The Balaban J connectivity index is 1.73. The van der Waals surface area contributed by atoms with Crippen molar-refractivity contribution in [2.45, 2.75) is 25.8 Å². The van der Waals surface area contributed by atoms with Gasteiger partial charge in [0.2, 0.25) is 11.8 Å². The number of carbonyl (C=O) groups excluding carboxylic acids is 3. The van der Waals surface area contributed by atoms with Crippen molar-refractivity contribution in [3.8, 4) is 0 Å². The molecular weight excluding hydrogens is 286 g/mol. The molecular formula is C14H19N5O3. The summed E-state index contributed by atoms with van der Waals surface area (Å²) in [6, 6.07) is 2.48. The Bertz CT molecular complexity index is 575. The predicted octanol–water partition coefficient (Wildman–Crippen LogP) is -0.0937. The molecule has 0 saturated carbocycles. The molecule has 118 valence electrons. The van der Waals surface area contributed by atoms with Gasteiger partial charge in [0.1, 0.15) is 11.9 Å². The van der Waals surface area contributed by atoms with Gasteiger partial charge in [0, 0.05) is 25.7 Å². The number of carbonyl (C=O) groups is 3. The second-order valence-electron chi connectivity index (χ2n) is 5.05. The van der Waals surface area contributed by atoms with Gasteiger partial charge in [-0.15, -0.1) is 0 Å². The third-order valence-corrected chi connectivity index (χ3v) is 3.18. The largest absolute Gasteiger partial charge is 0.368 e. The highest BCUT2D eigenvalue weighted by Gasteiger charge is 2.25. The molecule has 1 aromatic heterocycles. The first-order chi connectivity index (χ1) is 10.5. The normalized spacial score (nSPS) is 18.0. The Kier molecular flexibility index (Phi) is 5.29. The molecule has 8 nitrogen and oxygen atoms in total. The highest BCUT2D eigenvalue weighted by Crippen LogP contribution is 2.04. The van der Waals surface area contributed by atoms with Crippen LogP contribution in [0.2, 0.25) is 0 Å². The number of hydrogen-bond acceptors (Lipinski definition) is 5. The molecule has 0 radical (unpaired) electrons. The number of nitrogens with one attached hydrogen (secondary N) is 4. The SMILES string of the molecule is Cc1ccnc(NCCNC(=O)C2CCC(=O)NC(=O)N2)c1. The molecule has 1 aliphatic rings. The van der Waals surface area contributed by atoms with Gasteiger partial charge < -0.3 is 16.0 Å². The van der Waals surface area contributed by atoms with Gasteiger partial charge in [-0.05, 0) is 31.0 Å². The number of hydrogen-bond donors (Lipinski definition) is 4. The van der Waals surface area contributed by atoms with Gasteiger partial charge in [-0.1, -0.05) is 0 Å². The Labute approximate surface area is 128 Å². The van der Waals surface area contributed by atoms with Gasteiger partial charge in [-0.2, -0.15) is 0 Å². The zero-order valence-electron chi connectivity index (χ0n) is 12.3. The summed E-state index contributed by atoms with van der Waals surface area (Å²) in [6.07, 6.45) is 2.14. The average molecular weight is 305 g/mol. The molecule has 1 saturated heterocycles. The molecule has 1 atom stereocenters. The molecule has 1 unspecified atom stereocenters. The molecule has 4 amide bonds. The first-order valence-electron chi connectivity index (χ1n) is 7.09. The Morgan fingerprint density at radius 3 is 3.00 bits per heavy atom. The van der Waals surface area contributed by atoms with Crippen LogP contribution in [0.5, 0.6) is 0 Å². The molecule has 1 aliphatic heterocycles. The predicted molar refractivity (Wildman–Crippen MR) is 80.2 cm³/mol.